The number of nitrogens with one attached hydrogen (secondary N) is 1. The number of methoxy groups -OCH3 is 1. The number of hydrogen-bond acceptors (Lipinski definition) is 7. The molecule has 0 bridgehead atoms. The number of hydrogen-bond donors (Lipinski definition) is 2. The smallest absolute Gasteiger partial charge is 0.322 e. The molecule has 23 heavy (non-hydrogen) atoms. The van der Waals surface area contributed by atoms with Crippen molar-refractivity contribution in [3.63, 3.8) is 0 Å². The molecular weight excluding hydrogens is 294 g/mol. The summed E-state index contributed by atoms with van der Waals surface area (Å²) < 4.78 is 5.24. The average Bonchev–Trinajstić information content (AvgIpc) is 2.82. The van der Waals surface area contributed by atoms with Crippen LogP contribution in [-0.2, 0) is 0 Å². The van der Waals surface area contributed by atoms with Crippen LogP contribution in [0.4, 0.5) is 11.9 Å². The summed E-state index contributed by atoms with van der Waals surface area (Å²) in [6.45, 7) is 2.76. The van der Waals surface area contributed by atoms with Gasteiger partial charge in [0, 0.05) is 19.6 Å². The van der Waals surface area contributed by atoms with Crippen molar-refractivity contribution in [3.8, 4) is 6.01 Å². The van der Waals surface area contributed by atoms with E-state index in [1.165, 1.54) is 25.7 Å². The normalized spacial score (nSPS) is 25.2. The summed E-state index contributed by atoms with van der Waals surface area (Å²) in [4.78, 5) is 15.5. The quantitative estimate of drug-likeness (QED) is 0.856. The Labute approximate surface area is 137 Å². The monoisotopic (exact) mass is 321 g/mol. The van der Waals surface area contributed by atoms with Crippen LogP contribution in [-0.4, -0.2) is 52.9 Å². The van der Waals surface area contributed by atoms with Crippen molar-refractivity contribution >= 4 is 11.9 Å². The summed E-state index contributed by atoms with van der Waals surface area (Å²) in [5, 5.41) is 12.9. The van der Waals surface area contributed by atoms with Crippen molar-refractivity contribution in [1.29, 1.82) is 0 Å². The highest BCUT2D eigenvalue weighted by Gasteiger charge is 2.23. The van der Waals surface area contributed by atoms with Crippen molar-refractivity contribution in [1.82, 2.24) is 15.0 Å². The highest BCUT2D eigenvalue weighted by molar-refractivity contribution is 5.38. The van der Waals surface area contributed by atoms with Gasteiger partial charge in [-0.25, -0.2) is 0 Å². The third kappa shape index (κ3) is 4.43. The van der Waals surface area contributed by atoms with E-state index in [1.54, 1.807) is 7.11 Å². The summed E-state index contributed by atoms with van der Waals surface area (Å²) in [7, 11) is 1.58. The van der Waals surface area contributed by atoms with Crippen LogP contribution in [0.2, 0.25) is 0 Å². The number of aliphatic hydroxyl groups is 1. The van der Waals surface area contributed by atoms with Gasteiger partial charge in [0.2, 0.25) is 11.9 Å². The Morgan fingerprint density at radius 3 is 2.57 bits per heavy atom. The molecule has 2 N–H and O–H groups in total. The minimum Gasteiger partial charge on any atom is -0.467 e. The van der Waals surface area contributed by atoms with E-state index in [9.17, 15) is 5.11 Å². The first-order chi connectivity index (χ1) is 11.2. The lowest BCUT2D eigenvalue weighted by Gasteiger charge is -2.21. The number of ether oxygens (including phenoxy) is 1. The van der Waals surface area contributed by atoms with Crippen LogP contribution in [0, 0.1) is 5.92 Å². The van der Waals surface area contributed by atoms with E-state index in [1.807, 2.05) is 0 Å². The molecular formula is C16H27N5O2. The molecule has 0 unspecified atom stereocenters. The maximum atomic E-state index is 9.62. The molecule has 7 heteroatoms. The lowest BCUT2D eigenvalue weighted by molar-refractivity contribution is 0.178. The molecule has 1 aromatic rings. The molecule has 1 saturated carbocycles. The zero-order valence-corrected chi connectivity index (χ0v) is 13.9. The number of anilines is 2. The molecule has 1 aliphatic heterocycles. The summed E-state index contributed by atoms with van der Waals surface area (Å²) in [6, 6.07) is 0.355. The van der Waals surface area contributed by atoms with E-state index in [4.69, 9.17) is 4.74 Å². The first kappa shape index (κ1) is 16.2. The molecule has 1 aromatic heterocycles. The zero-order valence-electron chi connectivity index (χ0n) is 13.9. The van der Waals surface area contributed by atoms with Gasteiger partial charge in [0.25, 0.3) is 0 Å². The predicted octanol–water partition coefficient (Wildman–Crippen LogP) is 1.83. The molecule has 0 radical (unpaired) electrons. The van der Waals surface area contributed by atoms with E-state index >= 15 is 0 Å². The third-order valence-electron chi connectivity index (χ3n) is 4.74. The van der Waals surface area contributed by atoms with E-state index in [0.29, 0.717) is 23.8 Å². The van der Waals surface area contributed by atoms with Crippen LogP contribution >= 0.6 is 0 Å². The number of rotatable bonds is 5. The van der Waals surface area contributed by atoms with Crippen molar-refractivity contribution in [2.24, 2.45) is 5.92 Å². The van der Waals surface area contributed by atoms with Crippen molar-refractivity contribution in [2.45, 2.75) is 51.0 Å². The van der Waals surface area contributed by atoms with Crippen molar-refractivity contribution in [3.05, 3.63) is 0 Å². The van der Waals surface area contributed by atoms with Gasteiger partial charge in [-0.1, -0.05) is 12.8 Å². The first-order valence-corrected chi connectivity index (χ1v) is 8.71. The summed E-state index contributed by atoms with van der Waals surface area (Å²) in [5.74, 6) is 1.75. The SMILES string of the molecule is COc1nc(NC[C@H]2CC[C@@H](O)C2)nc(N2CCCCCC2)n1. The molecule has 3 rings (SSSR count). The summed E-state index contributed by atoms with van der Waals surface area (Å²) in [5.41, 5.74) is 0. The summed E-state index contributed by atoms with van der Waals surface area (Å²) >= 11 is 0. The second-order valence-electron chi connectivity index (χ2n) is 6.56. The minimum absolute atomic E-state index is 0.151. The Morgan fingerprint density at radius 1 is 1.13 bits per heavy atom. The van der Waals surface area contributed by atoms with Gasteiger partial charge in [-0.2, -0.15) is 15.0 Å². The largest absolute Gasteiger partial charge is 0.467 e. The van der Waals surface area contributed by atoms with Crippen LogP contribution in [0.1, 0.15) is 44.9 Å². The van der Waals surface area contributed by atoms with Gasteiger partial charge in [-0.15, -0.1) is 0 Å². The Hall–Kier alpha value is -1.63. The molecule has 2 aliphatic rings. The van der Waals surface area contributed by atoms with Crippen molar-refractivity contribution in [2.75, 3.05) is 37.0 Å². The maximum Gasteiger partial charge on any atom is 0.322 e. The van der Waals surface area contributed by atoms with Gasteiger partial charge < -0.3 is 20.1 Å². The Morgan fingerprint density at radius 2 is 1.91 bits per heavy atom. The molecule has 2 fully saturated rings. The molecule has 1 aliphatic carbocycles. The van der Waals surface area contributed by atoms with Crippen molar-refractivity contribution < 1.29 is 9.84 Å². The molecule has 2 heterocycles. The Balaban J connectivity index is 1.67. The fourth-order valence-corrected chi connectivity index (χ4v) is 3.40. The second-order valence-corrected chi connectivity index (χ2v) is 6.56. The molecule has 0 amide bonds. The molecule has 2 atom stereocenters. The number of aromatic nitrogens is 3. The lowest BCUT2D eigenvalue weighted by atomic mass is 10.1. The van der Waals surface area contributed by atoms with E-state index in [2.05, 4.69) is 25.2 Å². The van der Waals surface area contributed by atoms with Gasteiger partial charge >= 0.3 is 6.01 Å². The maximum absolute atomic E-state index is 9.62. The van der Waals surface area contributed by atoms with Gasteiger partial charge in [-0.3, -0.25) is 0 Å². The summed E-state index contributed by atoms with van der Waals surface area (Å²) in [6.07, 6.45) is 7.55. The highest BCUT2D eigenvalue weighted by Crippen LogP contribution is 2.26. The third-order valence-corrected chi connectivity index (χ3v) is 4.74. The van der Waals surface area contributed by atoms with Crippen LogP contribution in [0.5, 0.6) is 6.01 Å². The fourth-order valence-electron chi connectivity index (χ4n) is 3.40. The highest BCUT2D eigenvalue weighted by atomic mass is 16.5. The Bertz CT molecular complexity index is 505. The van der Waals surface area contributed by atoms with Crippen LogP contribution < -0.4 is 15.0 Å². The molecule has 128 valence electrons. The number of aliphatic hydroxyl groups excluding tert-OH is 1. The Kier molecular flexibility index (Phi) is 5.48. The van der Waals surface area contributed by atoms with E-state index in [0.717, 1.165) is 38.9 Å². The van der Waals surface area contributed by atoms with Gasteiger partial charge in [-0.05, 0) is 38.0 Å². The van der Waals surface area contributed by atoms with E-state index < -0.39 is 0 Å². The predicted molar refractivity (Wildman–Crippen MR) is 88.9 cm³/mol. The molecule has 0 spiro atoms. The lowest BCUT2D eigenvalue weighted by Crippen LogP contribution is -2.27. The molecule has 7 nitrogen and oxygen atoms in total. The molecule has 0 aromatic carbocycles. The topological polar surface area (TPSA) is 83.4 Å². The minimum atomic E-state index is -0.151. The fraction of sp³-hybridized carbons (Fsp3) is 0.812. The van der Waals surface area contributed by atoms with E-state index in [-0.39, 0.29) is 6.10 Å². The second kappa shape index (κ2) is 7.77. The van der Waals surface area contributed by atoms with Gasteiger partial charge in [0.1, 0.15) is 0 Å². The van der Waals surface area contributed by atoms with Crippen LogP contribution in [0.3, 0.4) is 0 Å². The van der Waals surface area contributed by atoms with Crippen LogP contribution in [0.15, 0.2) is 0 Å². The number of nitrogens with zero attached hydrogens (tertiary/aromatic N) is 4. The average molecular weight is 321 g/mol. The standard InChI is InChI=1S/C16H27N5O2/c1-23-16-19-14(17-11-12-6-7-13(22)10-12)18-15(20-16)21-8-4-2-3-5-9-21/h12-13,22H,2-11H2,1H3,(H,17,18,19,20)/t12-,13+/m0/s1. The first-order valence-electron chi connectivity index (χ1n) is 8.71. The zero-order chi connectivity index (χ0) is 16.1. The molecule has 1 saturated heterocycles. The van der Waals surface area contributed by atoms with Gasteiger partial charge in [0.05, 0.1) is 13.2 Å². The van der Waals surface area contributed by atoms with Gasteiger partial charge in [0.15, 0.2) is 0 Å². The van der Waals surface area contributed by atoms with Crippen LogP contribution in [0.25, 0.3) is 0 Å².